The first kappa shape index (κ1) is 42.4. The third-order valence-corrected chi connectivity index (χ3v) is 12.4. The van der Waals surface area contributed by atoms with E-state index in [4.69, 9.17) is 0 Å². The van der Waals surface area contributed by atoms with Crippen molar-refractivity contribution in [2.24, 2.45) is 0 Å². The zero-order valence-electron chi connectivity index (χ0n) is 37.7. The van der Waals surface area contributed by atoms with E-state index in [0.29, 0.717) is 16.9 Å². The van der Waals surface area contributed by atoms with Crippen molar-refractivity contribution < 1.29 is 13.2 Å². The average molecular weight is 827 g/mol. The number of nitrogens with zero attached hydrogens (tertiary/aromatic N) is 4. The van der Waals surface area contributed by atoms with Crippen LogP contribution >= 0.6 is 0 Å². The van der Waals surface area contributed by atoms with Gasteiger partial charge in [0, 0.05) is 27.1 Å². The van der Waals surface area contributed by atoms with E-state index in [1.54, 1.807) is 0 Å². The normalized spacial score (nSPS) is 13.0. The fraction of sp³-hybridized carbons (Fsp3) is 0.309. The molecule has 7 heteroatoms. The largest absolute Gasteiger partial charge is 0.416 e. The van der Waals surface area contributed by atoms with Gasteiger partial charge < -0.3 is 9.13 Å². The molecule has 0 N–H and O–H groups in total. The van der Waals surface area contributed by atoms with Gasteiger partial charge >= 0.3 is 6.18 Å². The number of hydrogen-bond donors (Lipinski definition) is 0. The lowest BCUT2D eigenvalue weighted by atomic mass is 9.85. The average Bonchev–Trinajstić information content (AvgIpc) is 3.69. The molecule has 314 valence electrons. The molecule has 0 radical (unpaired) electrons. The summed E-state index contributed by atoms with van der Waals surface area (Å²) in [6.07, 6.45) is -4.71. The maximum absolute atomic E-state index is 14.6. The van der Waals surface area contributed by atoms with Gasteiger partial charge in [-0.15, -0.1) is 0 Å². The second-order valence-corrected chi connectivity index (χ2v) is 21.0. The predicted octanol–water partition coefficient (Wildman–Crippen LogP) is 15.5. The molecular formula is C55H53F3N4. The third kappa shape index (κ3) is 7.12. The van der Waals surface area contributed by atoms with Gasteiger partial charge in [-0.05, 0) is 122 Å². The third-order valence-electron chi connectivity index (χ3n) is 12.4. The topological polar surface area (TPSA) is 57.4 Å². The molecule has 62 heavy (non-hydrogen) atoms. The molecule has 0 atom stereocenters. The van der Waals surface area contributed by atoms with Crippen molar-refractivity contribution in [2.45, 2.75) is 111 Å². The number of alkyl halides is 3. The van der Waals surface area contributed by atoms with Gasteiger partial charge in [0.25, 0.3) is 0 Å². The standard InChI is InChI=1S/C55H53F3N4/c1-51(2,3)34-13-18-45-40(26-34)41-27-35(52(4,5)6)14-19-46(41)61(45)49-22-17-39(33-23-32(30-59)24-38(25-33)55(56,57)58)50(44(49)31-60)62-47-20-15-36(53(7,8)9)28-42(47)43-29-37(54(10,11)12)16-21-48(43)62/h13-29H,1-12H3. The van der Waals surface area contributed by atoms with Crippen molar-refractivity contribution in [3.05, 3.63) is 142 Å². The van der Waals surface area contributed by atoms with Crippen LogP contribution in [0, 0.1) is 22.7 Å². The van der Waals surface area contributed by atoms with E-state index in [-0.39, 0.29) is 38.4 Å². The molecule has 8 aromatic rings. The number of halogens is 3. The number of aromatic nitrogens is 2. The van der Waals surface area contributed by atoms with Crippen LogP contribution in [0.3, 0.4) is 0 Å². The van der Waals surface area contributed by atoms with Gasteiger partial charge in [0.15, 0.2) is 0 Å². The Bertz CT molecular complexity index is 3080. The minimum absolute atomic E-state index is 0.123. The van der Waals surface area contributed by atoms with Crippen molar-refractivity contribution in [3.8, 4) is 34.6 Å². The molecule has 0 amide bonds. The van der Waals surface area contributed by atoms with E-state index in [1.807, 2.05) is 18.2 Å². The SMILES string of the molecule is CC(C)(C)c1ccc2c(c1)c1cc(C(C)(C)C)ccc1n2-c1ccc(-c2cc(C#N)cc(C(F)(F)F)c2)c(-n2c3ccc(C(C)(C)C)cc3c3cc(C(C)(C)C)ccc32)c1C#N. The second kappa shape index (κ2) is 14.1. The monoisotopic (exact) mass is 826 g/mol. The van der Waals surface area contributed by atoms with Crippen LogP contribution in [0.2, 0.25) is 0 Å². The first-order valence-electron chi connectivity index (χ1n) is 21.2. The summed E-state index contributed by atoms with van der Waals surface area (Å²) in [5.41, 5.74) is 8.32. The Morgan fingerprint density at radius 2 is 0.806 bits per heavy atom. The predicted molar refractivity (Wildman–Crippen MR) is 250 cm³/mol. The Kier molecular flexibility index (Phi) is 9.65. The van der Waals surface area contributed by atoms with Gasteiger partial charge in [-0.1, -0.05) is 113 Å². The summed E-state index contributed by atoms with van der Waals surface area (Å²) in [5, 5.41) is 25.7. The molecule has 0 aliphatic rings. The number of nitriles is 2. The maximum atomic E-state index is 14.6. The molecule has 2 aromatic heterocycles. The zero-order chi connectivity index (χ0) is 45.1. The zero-order valence-corrected chi connectivity index (χ0v) is 37.7. The highest BCUT2D eigenvalue weighted by atomic mass is 19.4. The van der Waals surface area contributed by atoms with Crippen LogP contribution in [0.4, 0.5) is 13.2 Å². The van der Waals surface area contributed by atoms with Crippen molar-refractivity contribution >= 4 is 43.6 Å². The molecule has 0 saturated heterocycles. The van der Waals surface area contributed by atoms with Gasteiger partial charge in [-0.3, -0.25) is 0 Å². The van der Waals surface area contributed by atoms with Crippen LogP contribution in [0.25, 0.3) is 66.1 Å². The minimum atomic E-state index is -4.71. The van der Waals surface area contributed by atoms with E-state index >= 15 is 0 Å². The van der Waals surface area contributed by atoms with Gasteiger partial charge in [-0.2, -0.15) is 23.7 Å². The Morgan fingerprint density at radius 1 is 0.419 bits per heavy atom. The lowest BCUT2D eigenvalue weighted by Crippen LogP contribution is -2.11. The number of rotatable bonds is 3. The quantitative estimate of drug-likeness (QED) is 0.178. The summed E-state index contributed by atoms with van der Waals surface area (Å²) in [4.78, 5) is 0. The van der Waals surface area contributed by atoms with Crippen LogP contribution in [0.5, 0.6) is 0 Å². The molecule has 0 bridgehead atoms. The van der Waals surface area contributed by atoms with Crippen molar-refractivity contribution in [2.75, 3.05) is 0 Å². The van der Waals surface area contributed by atoms with Gasteiger partial charge in [-0.25, -0.2) is 0 Å². The van der Waals surface area contributed by atoms with E-state index in [1.165, 1.54) is 17.2 Å². The van der Waals surface area contributed by atoms with E-state index in [9.17, 15) is 23.7 Å². The number of hydrogen-bond acceptors (Lipinski definition) is 2. The highest BCUT2D eigenvalue weighted by molar-refractivity contribution is 6.12. The minimum Gasteiger partial charge on any atom is -0.308 e. The second-order valence-electron chi connectivity index (χ2n) is 21.0. The number of benzene rings is 6. The molecule has 0 aliphatic carbocycles. The van der Waals surface area contributed by atoms with Gasteiger partial charge in [0.1, 0.15) is 11.6 Å². The van der Waals surface area contributed by atoms with E-state index < -0.39 is 11.7 Å². The molecule has 6 aromatic carbocycles. The van der Waals surface area contributed by atoms with Gasteiger partial charge in [0.05, 0.1) is 50.6 Å². The first-order chi connectivity index (χ1) is 28.8. The summed E-state index contributed by atoms with van der Waals surface area (Å²) in [7, 11) is 0. The van der Waals surface area contributed by atoms with Gasteiger partial charge in [0.2, 0.25) is 0 Å². The molecular weight excluding hydrogens is 774 g/mol. The van der Waals surface area contributed by atoms with Crippen LogP contribution in [0.15, 0.2) is 103 Å². The summed E-state index contributed by atoms with van der Waals surface area (Å²) >= 11 is 0. The highest BCUT2D eigenvalue weighted by Crippen LogP contribution is 2.45. The first-order valence-corrected chi connectivity index (χ1v) is 21.2. The Labute approximate surface area is 362 Å². The fourth-order valence-electron chi connectivity index (χ4n) is 8.77. The van der Waals surface area contributed by atoms with Crippen molar-refractivity contribution in [3.63, 3.8) is 0 Å². The smallest absolute Gasteiger partial charge is 0.308 e. The molecule has 2 heterocycles. The lowest BCUT2D eigenvalue weighted by molar-refractivity contribution is -0.137. The Hall–Kier alpha value is -6.31. The molecule has 0 saturated carbocycles. The van der Waals surface area contributed by atoms with Crippen LogP contribution < -0.4 is 0 Å². The lowest BCUT2D eigenvalue weighted by Gasteiger charge is -2.22. The van der Waals surface area contributed by atoms with Crippen LogP contribution in [-0.2, 0) is 27.8 Å². The Balaban J connectivity index is 1.58. The Morgan fingerprint density at radius 3 is 1.15 bits per heavy atom. The van der Waals surface area contributed by atoms with Crippen LogP contribution in [-0.4, -0.2) is 9.13 Å². The van der Waals surface area contributed by atoms with Crippen molar-refractivity contribution in [1.82, 2.24) is 9.13 Å². The molecule has 0 spiro atoms. The van der Waals surface area contributed by atoms with E-state index in [0.717, 1.165) is 66.9 Å². The highest BCUT2D eigenvalue weighted by Gasteiger charge is 2.33. The summed E-state index contributed by atoms with van der Waals surface area (Å²) in [6, 6.07) is 37.5. The maximum Gasteiger partial charge on any atom is 0.416 e. The molecule has 0 unspecified atom stereocenters. The summed E-state index contributed by atoms with van der Waals surface area (Å²) < 4.78 is 47.9. The van der Waals surface area contributed by atoms with Crippen LogP contribution in [0.1, 0.15) is 122 Å². The molecule has 0 aliphatic heterocycles. The molecule has 8 rings (SSSR count). The summed E-state index contributed by atoms with van der Waals surface area (Å²) in [5.74, 6) is 0. The summed E-state index contributed by atoms with van der Waals surface area (Å²) in [6.45, 7) is 26.2. The van der Waals surface area contributed by atoms with Crippen molar-refractivity contribution in [1.29, 1.82) is 10.5 Å². The molecule has 4 nitrogen and oxygen atoms in total. The number of fused-ring (bicyclic) bond motifs is 6. The molecule has 0 fully saturated rings. The fourth-order valence-corrected chi connectivity index (χ4v) is 8.77. The van der Waals surface area contributed by atoms with E-state index in [2.05, 4.69) is 171 Å².